The van der Waals surface area contributed by atoms with Gasteiger partial charge in [-0.2, -0.15) is 5.10 Å². The van der Waals surface area contributed by atoms with Crippen molar-refractivity contribution in [2.24, 2.45) is 0 Å². The Morgan fingerprint density at radius 3 is 3.00 bits per heavy atom. The molecule has 21 heavy (non-hydrogen) atoms. The first-order valence-electron chi connectivity index (χ1n) is 7.04. The lowest BCUT2D eigenvalue weighted by molar-refractivity contribution is 0.578. The number of aromatic amines is 1. The summed E-state index contributed by atoms with van der Waals surface area (Å²) in [6, 6.07) is 5.56. The molecule has 3 rings (SSSR count). The lowest BCUT2D eigenvalue weighted by Crippen LogP contribution is -2.15. The first kappa shape index (κ1) is 14.6. The zero-order chi connectivity index (χ0) is 14.9. The van der Waals surface area contributed by atoms with Gasteiger partial charge < -0.3 is 0 Å². The van der Waals surface area contributed by atoms with E-state index in [0.29, 0.717) is 17.9 Å². The molecule has 1 aromatic heterocycles. The largest absolute Gasteiger partial charge is 0.285 e. The van der Waals surface area contributed by atoms with Gasteiger partial charge in [-0.15, -0.1) is 0 Å². The summed E-state index contributed by atoms with van der Waals surface area (Å²) in [7, 11) is -3.13. The van der Waals surface area contributed by atoms with Crippen LogP contribution in [-0.2, 0) is 22.7 Å². The average Bonchev–Trinajstić information content (AvgIpc) is 3.07. The summed E-state index contributed by atoms with van der Waals surface area (Å²) >= 11 is 6.15. The van der Waals surface area contributed by atoms with E-state index in [4.69, 9.17) is 11.6 Å². The summed E-state index contributed by atoms with van der Waals surface area (Å²) in [6.45, 7) is 0. The molecule has 0 saturated heterocycles. The molecular formula is C15H17ClN2O2S. The third kappa shape index (κ3) is 2.99. The van der Waals surface area contributed by atoms with E-state index < -0.39 is 15.1 Å². The number of rotatable bonds is 5. The zero-order valence-electron chi connectivity index (χ0n) is 11.5. The molecule has 2 aromatic rings. The number of fused-ring (bicyclic) bond motifs is 1. The van der Waals surface area contributed by atoms with E-state index in [2.05, 4.69) is 10.2 Å². The Morgan fingerprint density at radius 1 is 1.38 bits per heavy atom. The molecule has 1 atom stereocenters. The van der Waals surface area contributed by atoms with Crippen LogP contribution in [0.5, 0.6) is 0 Å². The summed E-state index contributed by atoms with van der Waals surface area (Å²) in [6.07, 6.45) is 6.28. The average molecular weight is 325 g/mol. The van der Waals surface area contributed by atoms with Crippen molar-refractivity contribution in [2.75, 3.05) is 5.75 Å². The molecule has 0 aliphatic heterocycles. The molecule has 1 aromatic carbocycles. The minimum absolute atomic E-state index is 0.203. The molecule has 0 amide bonds. The Morgan fingerprint density at radius 2 is 2.24 bits per heavy atom. The lowest BCUT2D eigenvalue weighted by atomic mass is 10.1. The highest BCUT2D eigenvalue weighted by Gasteiger charge is 2.33. The van der Waals surface area contributed by atoms with Gasteiger partial charge in [0, 0.05) is 11.2 Å². The fourth-order valence-electron chi connectivity index (χ4n) is 2.98. The second-order valence-electron chi connectivity index (χ2n) is 5.41. The van der Waals surface area contributed by atoms with E-state index in [-0.39, 0.29) is 5.75 Å². The maximum absolute atomic E-state index is 12.6. The van der Waals surface area contributed by atoms with Gasteiger partial charge in [-0.1, -0.05) is 23.7 Å². The Balaban J connectivity index is 1.71. The fraction of sp³-hybridized carbons (Fsp3) is 0.400. The molecule has 4 nitrogen and oxygen atoms in total. The van der Waals surface area contributed by atoms with Crippen LogP contribution in [0.3, 0.4) is 0 Å². The first-order valence-corrected chi connectivity index (χ1v) is 9.14. The quantitative estimate of drug-likeness (QED) is 0.919. The monoisotopic (exact) mass is 324 g/mol. The summed E-state index contributed by atoms with van der Waals surface area (Å²) in [5, 5.41) is 6.89. The van der Waals surface area contributed by atoms with Gasteiger partial charge >= 0.3 is 0 Å². The molecule has 0 spiro atoms. The SMILES string of the molecule is O=S(=O)(CCCc1cn[nH]c1)[C@H]1CCc2c(Cl)cccc21. The van der Waals surface area contributed by atoms with Crippen molar-refractivity contribution in [1.29, 1.82) is 0 Å². The second kappa shape index (κ2) is 5.81. The number of H-pyrrole nitrogens is 1. The van der Waals surface area contributed by atoms with Crippen molar-refractivity contribution in [3.05, 3.63) is 52.3 Å². The van der Waals surface area contributed by atoms with E-state index in [9.17, 15) is 8.42 Å². The maximum atomic E-state index is 12.6. The normalized spacial score (nSPS) is 17.9. The van der Waals surface area contributed by atoms with Crippen LogP contribution in [0.1, 0.15) is 34.8 Å². The van der Waals surface area contributed by atoms with Crippen molar-refractivity contribution < 1.29 is 8.42 Å². The lowest BCUT2D eigenvalue weighted by Gasteiger charge is -2.13. The number of aryl methyl sites for hydroxylation is 1. The first-order chi connectivity index (χ1) is 10.1. The Hall–Kier alpha value is -1.33. The zero-order valence-corrected chi connectivity index (χ0v) is 13.1. The van der Waals surface area contributed by atoms with Crippen molar-refractivity contribution in [1.82, 2.24) is 10.2 Å². The topological polar surface area (TPSA) is 62.8 Å². The Bertz CT molecular complexity index is 726. The molecule has 6 heteroatoms. The van der Waals surface area contributed by atoms with Crippen LogP contribution < -0.4 is 0 Å². The Labute approximate surface area is 129 Å². The van der Waals surface area contributed by atoms with Crippen LogP contribution in [0.25, 0.3) is 0 Å². The van der Waals surface area contributed by atoms with E-state index in [0.717, 1.165) is 29.5 Å². The van der Waals surface area contributed by atoms with E-state index in [1.807, 2.05) is 18.2 Å². The van der Waals surface area contributed by atoms with Gasteiger partial charge in [-0.05, 0) is 48.4 Å². The van der Waals surface area contributed by atoms with Crippen molar-refractivity contribution in [2.45, 2.75) is 30.9 Å². The minimum Gasteiger partial charge on any atom is -0.285 e. The van der Waals surface area contributed by atoms with Crippen molar-refractivity contribution >= 4 is 21.4 Å². The van der Waals surface area contributed by atoms with Gasteiger partial charge in [-0.3, -0.25) is 5.10 Å². The summed E-state index contributed by atoms with van der Waals surface area (Å²) in [5.74, 6) is 0.203. The van der Waals surface area contributed by atoms with Crippen LogP contribution in [0.15, 0.2) is 30.6 Å². The number of halogens is 1. The molecule has 0 unspecified atom stereocenters. The van der Waals surface area contributed by atoms with Crippen molar-refractivity contribution in [3.63, 3.8) is 0 Å². The number of benzene rings is 1. The van der Waals surface area contributed by atoms with Gasteiger partial charge in [0.25, 0.3) is 0 Å². The molecule has 1 N–H and O–H groups in total. The third-order valence-electron chi connectivity index (χ3n) is 4.04. The molecule has 1 aliphatic rings. The molecule has 1 aliphatic carbocycles. The van der Waals surface area contributed by atoms with Crippen LogP contribution in [-0.4, -0.2) is 24.4 Å². The number of hydrogen-bond donors (Lipinski definition) is 1. The maximum Gasteiger partial charge on any atom is 0.157 e. The molecule has 0 fully saturated rings. The van der Waals surface area contributed by atoms with Crippen LogP contribution in [0.4, 0.5) is 0 Å². The molecule has 112 valence electrons. The van der Waals surface area contributed by atoms with E-state index >= 15 is 0 Å². The van der Waals surface area contributed by atoms with Crippen LogP contribution >= 0.6 is 11.6 Å². The highest BCUT2D eigenvalue weighted by molar-refractivity contribution is 7.91. The van der Waals surface area contributed by atoms with E-state index in [1.165, 1.54) is 0 Å². The molecule has 0 bridgehead atoms. The molecular weight excluding hydrogens is 308 g/mol. The van der Waals surface area contributed by atoms with Crippen LogP contribution in [0, 0.1) is 0 Å². The summed E-state index contributed by atoms with van der Waals surface area (Å²) in [4.78, 5) is 0. The number of aromatic nitrogens is 2. The summed E-state index contributed by atoms with van der Waals surface area (Å²) in [5.41, 5.74) is 2.94. The molecule has 0 radical (unpaired) electrons. The van der Waals surface area contributed by atoms with Gasteiger partial charge in [0.2, 0.25) is 0 Å². The van der Waals surface area contributed by atoms with Gasteiger partial charge in [0.05, 0.1) is 17.2 Å². The Kier molecular flexibility index (Phi) is 4.04. The fourth-order valence-corrected chi connectivity index (χ4v) is 5.17. The van der Waals surface area contributed by atoms with Crippen LogP contribution in [0.2, 0.25) is 5.02 Å². The smallest absolute Gasteiger partial charge is 0.157 e. The number of sulfone groups is 1. The second-order valence-corrected chi connectivity index (χ2v) is 8.12. The number of nitrogens with zero attached hydrogens (tertiary/aromatic N) is 1. The predicted molar refractivity (Wildman–Crippen MR) is 83.2 cm³/mol. The third-order valence-corrected chi connectivity index (χ3v) is 6.61. The van der Waals surface area contributed by atoms with Gasteiger partial charge in [0.15, 0.2) is 9.84 Å². The molecule has 1 heterocycles. The standard InChI is InChI=1S/C15H17ClN2O2S/c16-14-5-1-4-13-12(14)6-7-15(13)21(19,20)8-2-3-11-9-17-18-10-11/h1,4-5,9-10,15H,2-3,6-8H2,(H,17,18)/t15-/m0/s1. The molecule has 0 saturated carbocycles. The van der Waals surface area contributed by atoms with Gasteiger partial charge in [-0.25, -0.2) is 8.42 Å². The highest BCUT2D eigenvalue weighted by Crippen LogP contribution is 2.40. The number of hydrogen-bond acceptors (Lipinski definition) is 3. The van der Waals surface area contributed by atoms with E-state index in [1.54, 1.807) is 12.4 Å². The predicted octanol–water partition coefficient (Wildman–Crippen LogP) is 3.10. The minimum atomic E-state index is -3.13. The highest BCUT2D eigenvalue weighted by atomic mass is 35.5. The van der Waals surface area contributed by atoms with Gasteiger partial charge in [0.1, 0.15) is 0 Å². The summed E-state index contributed by atoms with van der Waals surface area (Å²) < 4.78 is 25.1. The van der Waals surface area contributed by atoms with Crippen molar-refractivity contribution in [3.8, 4) is 0 Å². The number of nitrogens with one attached hydrogen (secondary N) is 1.